The summed E-state index contributed by atoms with van der Waals surface area (Å²) in [6.45, 7) is 0. The van der Waals surface area contributed by atoms with E-state index in [1.54, 1.807) is 18.5 Å². The second-order valence-electron chi connectivity index (χ2n) is 5.85. The number of nitrogens with one attached hydrogen (secondary N) is 1. The predicted octanol–water partition coefficient (Wildman–Crippen LogP) is 0.597. The SMILES string of the molecule is CN(c1cncc(C(=O)NC2CC2)c1)C1CCS(=O)(=O)C1. The van der Waals surface area contributed by atoms with Crippen molar-refractivity contribution in [2.45, 2.75) is 31.3 Å². The van der Waals surface area contributed by atoms with Crippen LogP contribution in [0, 0.1) is 0 Å². The van der Waals surface area contributed by atoms with Gasteiger partial charge < -0.3 is 10.2 Å². The van der Waals surface area contributed by atoms with Crippen LogP contribution in [-0.4, -0.2) is 49.9 Å². The van der Waals surface area contributed by atoms with Gasteiger partial charge in [0.1, 0.15) is 0 Å². The van der Waals surface area contributed by atoms with Crippen LogP contribution in [0.4, 0.5) is 5.69 Å². The van der Waals surface area contributed by atoms with Crippen molar-refractivity contribution < 1.29 is 13.2 Å². The van der Waals surface area contributed by atoms with Gasteiger partial charge in [-0.15, -0.1) is 0 Å². The summed E-state index contributed by atoms with van der Waals surface area (Å²) in [5.41, 5.74) is 1.30. The molecule has 0 aromatic carbocycles. The molecule has 0 spiro atoms. The topological polar surface area (TPSA) is 79.4 Å². The first-order valence-corrected chi connectivity index (χ1v) is 8.96. The monoisotopic (exact) mass is 309 g/mol. The fourth-order valence-electron chi connectivity index (χ4n) is 2.53. The predicted molar refractivity (Wildman–Crippen MR) is 80.2 cm³/mol. The number of nitrogens with zero attached hydrogens (tertiary/aromatic N) is 2. The van der Waals surface area contributed by atoms with Crippen molar-refractivity contribution in [3.63, 3.8) is 0 Å². The average molecular weight is 309 g/mol. The lowest BCUT2D eigenvalue weighted by Crippen LogP contribution is -2.33. The lowest BCUT2D eigenvalue weighted by Gasteiger charge is -2.25. The van der Waals surface area contributed by atoms with Gasteiger partial charge in [0.2, 0.25) is 0 Å². The average Bonchev–Trinajstić information content (AvgIpc) is 3.19. The molecule has 7 heteroatoms. The van der Waals surface area contributed by atoms with E-state index >= 15 is 0 Å². The number of pyridine rings is 1. The summed E-state index contributed by atoms with van der Waals surface area (Å²) >= 11 is 0. The number of anilines is 1. The number of hydrogen-bond acceptors (Lipinski definition) is 5. The first-order valence-electron chi connectivity index (χ1n) is 7.14. The molecular weight excluding hydrogens is 290 g/mol. The minimum Gasteiger partial charge on any atom is -0.369 e. The van der Waals surface area contributed by atoms with Crippen LogP contribution in [0.3, 0.4) is 0 Å². The maximum absolute atomic E-state index is 12.0. The van der Waals surface area contributed by atoms with E-state index in [1.165, 1.54) is 0 Å². The Morgan fingerprint density at radius 2 is 2.10 bits per heavy atom. The van der Waals surface area contributed by atoms with Crippen molar-refractivity contribution in [3.8, 4) is 0 Å². The van der Waals surface area contributed by atoms with Crippen LogP contribution in [0.25, 0.3) is 0 Å². The Bertz CT molecular complexity index is 655. The Labute approximate surface area is 124 Å². The number of rotatable bonds is 4. The van der Waals surface area contributed by atoms with Crippen LogP contribution in [0.15, 0.2) is 18.5 Å². The molecule has 114 valence electrons. The maximum atomic E-state index is 12.0. The van der Waals surface area contributed by atoms with Crippen molar-refractivity contribution >= 4 is 21.4 Å². The molecule has 0 bridgehead atoms. The molecule has 2 aliphatic rings. The summed E-state index contributed by atoms with van der Waals surface area (Å²) in [5.74, 6) is 0.290. The summed E-state index contributed by atoms with van der Waals surface area (Å²) in [5, 5.41) is 2.93. The van der Waals surface area contributed by atoms with Crippen LogP contribution in [0.5, 0.6) is 0 Å². The van der Waals surface area contributed by atoms with Gasteiger partial charge in [-0.1, -0.05) is 0 Å². The zero-order valence-electron chi connectivity index (χ0n) is 11.9. The van der Waals surface area contributed by atoms with Crippen molar-refractivity contribution in [1.29, 1.82) is 0 Å². The van der Waals surface area contributed by atoms with Gasteiger partial charge in [0, 0.05) is 25.3 Å². The third-order valence-electron chi connectivity index (χ3n) is 4.06. The Kier molecular flexibility index (Phi) is 3.61. The Morgan fingerprint density at radius 1 is 1.33 bits per heavy atom. The highest BCUT2D eigenvalue weighted by molar-refractivity contribution is 7.91. The quantitative estimate of drug-likeness (QED) is 0.881. The third-order valence-corrected chi connectivity index (χ3v) is 5.81. The van der Waals surface area contributed by atoms with Gasteiger partial charge in [-0.05, 0) is 25.3 Å². The van der Waals surface area contributed by atoms with Crippen molar-refractivity contribution in [3.05, 3.63) is 24.0 Å². The van der Waals surface area contributed by atoms with Crippen LogP contribution in [0.2, 0.25) is 0 Å². The zero-order valence-corrected chi connectivity index (χ0v) is 12.8. The highest BCUT2D eigenvalue weighted by atomic mass is 32.2. The van der Waals surface area contributed by atoms with Gasteiger partial charge in [0.15, 0.2) is 9.84 Å². The normalized spacial score (nSPS) is 23.8. The molecule has 1 aromatic rings. The van der Waals surface area contributed by atoms with E-state index in [9.17, 15) is 13.2 Å². The molecule has 1 aliphatic heterocycles. The summed E-state index contributed by atoms with van der Waals surface area (Å²) < 4.78 is 23.1. The summed E-state index contributed by atoms with van der Waals surface area (Å²) in [4.78, 5) is 18.0. The van der Waals surface area contributed by atoms with E-state index < -0.39 is 9.84 Å². The van der Waals surface area contributed by atoms with E-state index in [2.05, 4.69) is 10.3 Å². The van der Waals surface area contributed by atoms with E-state index in [0.29, 0.717) is 18.0 Å². The molecule has 0 radical (unpaired) electrons. The van der Waals surface area contributed by atoms with Gasteiger partial charge in [0.25, 0.3) is 5.91 Å². The number of aromatic nitrogens is 1. The molecular formula is C14H19N3O3S. The fraction of sp³-hybridized carbons (Fsp3) is 0.571. The number of sulfone groups is 1. The molecule has 1 saturated heterocycles. The van der Waals surface area contributed by atoms with Crippen LogP contribution in [-0.2, 0) is 9.84 Å². The number of amides is 1. The number of carbonyl (C=O) groups excluding carboxylic acids is 1. The van der Waals surface area contributed by atoms with Gasteiger partial charge in [-0.25, -0.2) is 8.42 Å². The lowest BCUT2D eigenvalue weighted by molar-refractivity contribution is 0.0950. The molecule has 1 N–H and O–H groups in total. The molecule has 21 heavy (non-hydrogen) atoms. The lowest BCUT2D eigenvalue weighted by atomic mass is 10.2. The largest absolute Gasteiger partial charge is 0.369 e. The van der Waals surface area contributed by atoms with Gasteiger partial charge in [0.05, 0.1) is 29.0 Å². The Morgan fingerprint density at radius 3 is 2.71 bits per heavy atom. The molecule has 1 aromatic heterocycles. The molecule has 6 nitrogen and oxygen atoms in total. The van der Waals surface area contributed by atoms with Gasteiger partial charge >= 0.3 is 0 Å². The summed E-state index contributed by atoms with van der Waals surface area (Å²) in [7, 11) is -1.07. The number of hydrogen-bond donors (Lipinski definition) is 1. The minimum absolute atomic E-state index is 0.0430. The number of carbonyl (C=O) groups is 1. The fourth-order valence-corrected chi connectivity index (χ4v) is 4.31. The molecule has 1 atom stereocenters. The summed E-state index contributed by atoms with van der Waals surface area (Å²) in [6, 6.07) is 2.03. The van der Waals surface area contributed by atoms with E-state index in [1.807, 2.05) is 11.9 Å². The Balaban J connectivity index is 1.74. The molecule has 1 aliphatic carbocycles. The van der Waals surface area contributed by atoms with Gasteiger partial charge in [-0.2, -0.15) is 0 Å². The van der Waals surface area contributed by atoms with Crippen molar-refractivity contribution in [1.82, 2.24) is 10.3 Å². The second kappa shape index (κ2) is 5.29. The molecule has 2 fully saturated rings. The third kappa shape index (κ3) is 3.34. The highest BCUT2D eigenvalue weighted by Gasteiger charge is 2.31. The smallest absolute Gasteiger partial charge is 0.253 e. The van der Waals surface area contributed by atoms with Crippen molar-refractivity contribution in [2.75, 3.05) is 23.5 Å². The highest BCUT2D eigenvalue weighted by Crippen LogP contribution is 2.24. The van der Waals surface area contributed by atoms with E-state index in [0.717, 1.165) is 18.5 Å². The van der Waals surface area contributed by atoms with Crippen LogP contribution in [0.1, 0.15) is 29.6 Å². The molecule has 1 unspecified atom stereocenters. The standard InChI is InChI=1S/C14H19N3O3S/c1-17(12-4-5-21(19,20)9-12)13-6-10(7-15-8-13)14(18)16-11-2-3-11/h6-8,11-12H,2-5,9H2,1H3,(H,16,18). The molecule has 1 saturated carbocycles. The second-order valence-corrected chi connectivity index (χ2v) is 8.08. The van der Waals surface area contributed by atoms with E-state index in [4.69, 9.17) is 0 Å². The molecule has 3 rings (SSSR count). The minimum atomic E-state index is -2.92. The van der Waals surface area contributed by atoms with Crippen LogP contribution >= 0.6 is 0 Å². The first kappa shape index (κ1) is 14.3. The van der Waals surface area contributed by atoms with Gasteiger partial charge in [-0.3, -0.25) is 9.78 Å². The van der Waals surface area contributed by atoms with Crippen molar-refractivity contribution in [2.24, 2.45) is 0 Å². The van der Waals surface area contributed by atoms with Crippen LogP contribution < -0.4 is 10.2 Å². The van der Waals surface area contributed by atoms with E-state index in [-0.39, 0.29) is 23.5 Å². The summed E-state index contributed by atoms with van der Waals surface area (Å²) in [6.07, 6.45) is 5.91. The molecule has 2 heterocycles. The maximum Gasteiger partial charge on any atom is 0.253 e. The Hall–Kier alpha value is -1.63. The molecule has 1 amide bonds. The zero-order chi connectivity index (χ0) is 15.0. The first-order chi connectivity index (χ1) is 9.94.